The molecule has 4 N–H and O–H groups in total. The third kappa shape index (κ3) is 33.2. The molecule has 0 aromatic carbocycles. The first-order valence-electron chi connectivity index (χ1n) is 19.2. The standard InChI is InChI=1S/C37H72NO9P/c1-3-5-7-9-11-13-15-16-17-18-20-22-24-26-28-30-44-31-34(32-45-48(42,43)46-33-35(38)37(40)41)47-36(39)29-27-25-23-21-19-14-12-10-8-6-4-2/h10,12,34-35H,3-9,11,13-33,38H2,1-2H3,(H,40,41)(H,42,43)/b12-10-. The molecule has 0 bridgehead atoms. The lowest BCUT2D eigenvalue weighted by atomic mass is 10.0. The van der Waals surface area contributed by atoms with Crippen molar-refractivity contribution in [1.29, 1.82) is 0 Å². The highest BCUT2D eigenvalue weighted by Gasteiger charge is 2.27. The molecule has 0 saturated carbocycles. The van der Waals surface area contributed by atoms with Gasteiger partial charge in [0.15, 0.2) is 0 Å². The maximum Gasteiger partial charge on any atom is 0.472 e. The van der Waals surface area contributed by atoms with E-state index in [1.54, 1.807) is 0 Å². The third-order valence-corrected chi connectivity index (χ3v) is 9.25. The first-order chi connectivity index (χ1) is 23.2. The Morgan fingerprint density at radius 2 is 1.10 bits per heavy atom. The summed E-state index contributed by atoms with van der Waals surface area (Å²) in [6, 6.07) is -1.47. The van der Waals surface area contributed by atoms with Gasteiger partial charge in [-0.25, -0.2) is 4.57 Å². The number of phosphoric ester groups is 1. The number of nitrogens with two attached hydrogens (primary N) is 1. The highest BCUT2D eigenvalue weighted by molar-refractivity contribution is 7.47. The maximum atomic E-state index is 12.5. The van der Waals surface area contributed by atoms with Gasteiger partial charge >= 0.3 is 19.8 Å². The molecule has 0 rings (SSSR count). The Balaban J connectivity index is 4.27. The molecule has 0 saturated heterocycles. The van der Waals surface area contributed by atoms with Crippen LogP contribution in [-0.4, -0.2) is 60.5 Å². The van der Waals surface area contributed by atoms with Crippen molar-refractivity contribution < 1.29 is 42.7 Å². The van der Waals surface area contributed by atoms with Crippen LogP contribution in [0, 0.1) is 0 Å². The lowest BCUT2D eigenvalue weighted by Crippen LogP contribution is -2.34. The summed E-state index contributed by atoms with van der Waals surface area (Å²) in [7, 11) is -4.60. The Morgan fingerprint density at radius 1 is 0.646 bits per heavy atom. The fourth-order valence-corrected chi connectivity index (χ4v) is 6.01. The van der Waals surface area contributed by atoms with Crippen molar-refractivity contribution >= 4 is 19.8 Å². The molecular formula is C37H72NO9P. The molecule has 0 heterocycles. The summed E-state index contributed by atoms with van der Waals surface area (Å²) < 4.78 is 33.2. The first kappa shape index (κ1) is 46.7. The predicted octanol–water partition coefficient (Wildman–Crippen LogP) is 9.81. The number of phosphoric acid groups is 1. The van der Waals surface area contributed by atoms with Gasteiger partial charge in [-0.1, -0.05) is 148 Å². The second-order valence-corrected chi connectivity index (χ2v) is 14.5. The number of esters is 1. The van der Waals surface area contributed by atoms with E-state index >= 15 is 0 Å². The minimum Gasteiger partial charge on any atom is -0.480 e. The Labute approximate surface area is 292 Å². The maximum absolute atomic E-state index is 12.5. The Bertz CT molecular complexity index is 827. The number of ether oxygens (including phenoxy) is 2. The van der Waals surface area contributed by atoms with Crippen LogP contribution in [0.5, 0.6) is 0 Å². The van der Waals surface area contributed by atoms with E-state index in [1.807, 2.05) is 0 Å². The van der Waals surface area contributed by atoms with Crippen molar-refractivity contribution in [3.63, 3.8) is 0 Å². The van der Waals surface area contributed by atoms with Gasteiger partial charge in [0.1, 0.15) is 12.1 Å². The molecule has 0 amide bonds. The molecule has 0 aliphatic heterocycles. The van der Waals surface area contributed by atoms with E-state index in [-0.39, 0.29) is 13.0 Å². The highest BCUT2D eigenvalue weighted by atomic mass is 31.2. The van der Waals surface area contributed by atoms with Crippen molar-refractivity contribution in [2.24, 2.45) is 5.73 Å². The van der Waals surface area contributed by atoms with Gasteiger partial charge in [-0.15, -0.1) is 0 Å². The molecule has 0 aromatic rings. The molecule has 48 heavy (non-hydrogen) atoms. The molecule has 0 spiro atoms. The summed E-state index contributed by atoms with van der Waals surface area (Å²) in [5.41, 5.74) is 5.33. The summed E-state index contributed by atoms with van der Waals surface area (Å²) >= 11 is 0. The van der Waals surface area contributed by atoms with Crippen molar-refractivity contribution in [2.45, 2.75) is 187 Å². The summed E-state index contributed by atoms with van der Waals surface area (Å²) in [5, 5.41) is 8.86. The van der Waals surface area contributed by atoms with Gasteiger partial charge in [-0.2, -0.15) is 0 Å². The topological polar surface area (TPSA) is 155 Å². The van der Waals surface area contributed by atoms with Crippen molar-refractivity contribution in [1.82, 2.24) is 0 Å². The van der Waals surface area contributed by atoms with E-state index in [4.69, 9.17) is 24.8 Å². The van der Waals surface area contributed by atoms with Crippen LogP contribution in [0.1, 0.15) is 174 Å². The number of hydrogen-bond acceptors (Lipinski definition) is 8. The number of carbonyl (C=O) groups excluding carboxylic acids is 1. The van der Waals surface area contributed by atoms with Crippen molar-refractivity contribution in [3.05, 3.63) is 12.2 Å². The average Bonchev–Trinajstić information content (AvgIpc) is 3.06. The van der Waals surface area contributed by atoms with Gasteiger partial charge in [-0.3, -0.25) is 18.6 Å². The normalized spacial score (nSPS) is 14.2. The number of rotatable bonds is 37. The summed E-state index contributed by atoms with van der Waals surface area (Å²) in [6.07, 6.45) is 32.6. The van der Waals surface area contributed by atoms with Crippen LogP contribution in [0.15, 0.2) is 12.2 Å². The van der Waals surface area contributed by atoms with Crippen LogP contribution in [0.25, 0.3) is 0 Å². The summed E-state index contributed by atoms with van der Waals surface area (Å²) in [5.74, 6) is -1.78. The van der Waals surface area contributed by atoms with E-state index in [2.05, 4.69) is 30.5 Å². The van der Waals surface area contributed by atoms with E-state index in [9.17, 15) is 19.0 Å². The van der Waals surface area contributed by atoms with Gasteiger partial charge < -0.3 is 25.2 Å². The van der Waals surface area contributed by atoms with Crippen LogP contribution < -0.4 is 5.73 Å². The molecule has 3 atom stereocenters. The lowest BCUT2D eigenvalue weighted by molar-refractivity contribution is -0.154. The molecule has 0 radical (unpaired) electrons. The second-order valence-electron chi connectivity index (χ2n) is 13.1. The summed E-state index contributed by atoms with van der Waals surface area (Å²) in [6.45, 7) is 3.84. The lowest BCUT2D eigenvalue weighted by Gasteiger charge is -2.20. The van der Waals surface area contributed by atoms with Crippen LogP contribution in [0.4, 0.5) is 0 Å². The van der Waals surface area contributed by atoms with E-state index in [1.165, 1.54) is 89.9 Å². The number of hydrogen-bond donors (Lipinski definition) is 3. The van der Waals surface area contributed by atoms with Crippen LogP contribution >= 0.6 is 7.82 Å². The fraction of sp³-hybridized carbons (Fsp3) is 0.892. The summed E-state index contributed by atoms with van der Waals surface area (Å²) in [4.78, 5) is 33.3. The van der Waals surface area contributed by atoms with Gasteiger partial charge in [0, 0.05) is 13.0 Å². The Morgan fingerprint density at radius 3 is 1.65 bits per heavy atom. The number of unbranched alkanes of at least 4 members (excludes halogenated alkanes) is 21. The van der Waals surface area contributed by atoms with E-state index < -0.39 is 45.1 Å². The first-order valence-corrected chi connectivity index (χ1v) is 20.7. The molecule has 0 fully saturated rings. The van der Waals surface area contributed by atoms with Gasteiger partial charge in [0.05, 0.1) is 19.8 Å². The third-order valence-electron chi connectivity index (χ3n) is 8.29. The molecule has 284 valence electrons. The van der Waals surface area contributed by atoms with Gasteiger partial charge in [-0.05, 0) is 32.1 Å². The van der Waals surface area contributed by atoms with E-state index in [0.29, 0.717) is 13.0 Å². The monoisotopic (exact) mass is 705 g/mol. The minimum atomic E-state index is -4.60. The van der Waals surface area contributed by atoms with E-state index in [0.717, 1.165) is 57.8 Å². The molecule has 10 nitrogen and oxygen atoms in total. The number of carboxylic acid groups (broad SMARTS) is 1. The number of allylic oxidation sites excluding steroid dienone is 2. The number of aliphatic carboxylic acids is 1. The molecule has 0 aliphatic rings. The molecule has 3 unspecified atom stereocenters. The van der Waals surface area contributed by atoms with Crippen LogP contribution in [-0.2, 0) is 32.7 Å². The highest BCUT2D eigenvalue weighted by Crippen LogP contribution is 2.43. The van der Waals surface area contributed by atoms with Crippen LogP contribution in [0.2, 0.25) is 0 Å². The molecule has 0 aliphatic carbocycles. The Kier molecular flexibility index (Phi) is 33.3. The number of carbonyl (C=O) groups is 2. The SMILES string of the molecule is CCCC/C=C\CCCCCCCC(=O)OC(COCCCCCCCCCCCCCCCCC)COP(=O)(O)OCC(N)C(=O)O. The van der Waals surface area contributed by atoms with Crippen LogP contribution in [0.3, 0.4) is 0 Å². The smallest absolute Gasteiger partial charge is 0.472 e. The largest absolute Gasteiger partial charge is 0.480 e. The fourth-order valence-electron chi connectivity index (χ4n) is 5.23. The molecular weight excluding hydrogens is 633 g/mol. The zero-order chi connectivity index (χ0) is 35.6. The zero-order valence-electron chi connectivity index (χ0n) is 30.6. The zero-order valence-corrected chi connectivity index (χ0v) is 31.5. The van der Waals surface area contributed by atoms with Gasteiger partial charge in [0.25, 0.3) is 0 Å². The molecule has 0 aromatic heterocycles. The Hall–Kier alpha value is -1.29. The van der Waals surface area contributed by atoms with Crippen molar-refractivity contribution in [2.75, 3.05) is 26.4 Å². The minimum absolute atomic E-state index is 0.0186. The second kappa shape index (κ2) is 34.2. The molecule has 11 heteroatoms. The number of carboxylic acids is 1. The van der Waals surface area contributed by atoms with Gasteiger partial charge in [0.2, 0.25) is 0 Å². The van der Waals surface area contributed by atoms with Crippen molar-refractivity contribution in [3.8, 4) is 0 Å². The quantitative estimate of drug-likeness (QED) is 0.0246. The average molecular weight is 706 g/mol. The predicted molar refractivity (Wildman–Crippen MR) is 194 cm³/mol.